The zero-order valence-electron chi connectivity index (χ0n) is 28.9. The minimum atomic E-state index is -0.0922. The highest BCUT2D eigenvalue weighted by Crippen LogP contribution is 2.31. The van der Waals surface area contributed by atoms with Crippen LogP contribution in [-0.2, 0) is 28.9 Å². The number of carbonyl (C=O) groups is 2. The summed E-state index contributed by atoms with van der Waals surface area (Å²) in [5, 5.41) is 32.4. The smallest absolute Gasteiger partial charge is 0.126 e. The number of aliphatic hydroxyl groups is 4. The third-order valence-electron chi connectivity index (χ3n) is 6.93. The number of aryl methyl sites for hydroxylation is 3. The first-order valence-corrected chi connectivity index (χ1v) is 15.7. The molecule has 0 fully saturated rings. The van der Waals surface area contributed by atoms with E-state index in [4.69, 9.17) is 29.3 Å². The molecule has 0 unspecified atom stereocenters. The summed E-state index contributed by atoms with van der Waals surface area (Å²) in [6, 6.07) is 19.8. The van der Waals surface area contributed by atoms with Crippen molar-refractivity contribution in [1.82, 2.24) is 0 Å². The van der Waals surface area contributed by atoms with Crippen molar-refractivity contribution in [3.63, 3.8) is 0 Å². The summed E-state index contributed by atoms with van der Waals surface area (Å²) in [7, 11) is 2.00. The Morgan fingerprint density at radius 3 is 1.58 bits per heavy atom. The van der Waals surface area contributed by atoms with Gasteiger partial charge in [0.15, 0.2) is 0 Å². The molecule has 0 aliphatic carbocycles. The number of aliphatic hydroxyl groups excluding tert-OH is 4. The Kier molecular flexibility index (Phi) is 28.9. The van der Waals surface area contributed by atoms with E-state index in [-0.39, 0.29) is 19.0 Å². The van der Waals surface area contributed by atoms with Crippen molar-refractivity contribution in [3.05, 3.63) is 107 Å². The average molecular weight is 671 g/mol. The molecule has 3 aromatic rings. The van der Waals surface area contributed by atoms with Gasteiger partial charge in [0.2, 0.25) is 0 Å². The summed E-state index contributed by atoms with van der Waals surface area (Å²) in [6.45, 7) is 14.5. The van der Waals surface area contributed by atoms with Crippen LogP contribution in [0.4, 0.5) is 4.39 Å². The lowest BCUT2D eigenvalue weighted by molar-refractivity contribution is -0.0987. The van der Waals surface area contributed by atoms with Gasteiger partial charge in [0.1, 0.15) is 30.9 Å². The lowest BCUT2D eigenvalue weighted by Crippen LogP contribution is -2.03. The Balaban J connectivity index is 0. The minimum absolute atomic E-state index is 0.0574. The lowest BCUT2D eigenvalue weighted by atomic mass is 9.98. The molecule has 48 heavy (non-hydrogen) atoms. The molecule has 4 N–H and O–H groups in total. The third-order valence-corrected chi connectivity index (χ3v) is 6.93. The van der Waals surface area contributed by atoms with Crippen LogP contribution in [0, 0.1) is 5.82 Å². The molecular formula is C39H55FO8. The third kappa shape index (κ3) is 18.9. The number of benzene rings is 3. The zero-order valence-corrected chi connectivity index (χ0v) is 28.9. The van der Waals surface area contributed by atoms with Gasteiger partial charge in [-0.3, -0.25) is 0 Å². The number of unbranched alkanes of at least 4 members (excludes halogenated alkanes) is 2. The molecule has 0 atom stereocenters. The lowest BCUT2D eigenvalue weighted by Gasteiger charge is -2.14. The second-order valence-corrected chi connectivity index (χ2v) is 10.3. The van der Waals surface area contributed by atoms with Gasteiger partial charge in [-0.2, -0.15) is 0 Å². The number of rotatable bonds is 18. The Morgan fingerprint density at radius 1 is 0.646 bits per heavy atom. The molecule has 0 heterocycles. The Labute approximate surface area is 286 Å². The predicted molar refractivity (Wildman–Crippen MR) is 192 cm³/mol. The molecule has 0 aliphatic rings. The highest BCUT2D eigenvalue weighted by Gasteiger charge is 2.08. The molecular weight excluding hydrogens is 615 g/mol. The van der Waals surface area contributed by atoms with E-state index in [1.807, 2.05) is 37.8 Å². The van der Waals surface area contributed by atoms with Crippen LogP contribution in [0.25, 0.3) is 11.1 Å². The van der Waals surface area contributed by atoms with Gasteiger partial charge in [-0.1, -0.05) is 69.3 Å². The van der Waals surface area contributed by atoms with Gasteiger partial charge in [-0.05, 0) is 82.8 Å². The van der Waals surface area contributed by atoms with E-state index in [0.717, 1.165) is 86.1 Å². The molecule has 266 valence electrons. The van der Waals surface area contributed by atoms with Crippen LogP contribution < -0.4 is 9.47 Å². The number of carbonyl (C=O) groups excluding carboxylic acids is 2. The molecule has 9 heteroatoms. The molecule has 8 nitrogen and oxygen atoms in total. The van der Waals surface area contributed by atoms with E-state index in [9.17, 15) is 14.6 Å². The van der Waals surface area contributed by atoms with E-state index >= 15 is 0 Å². The number of hydrogen-bond acceptors (Lipinski definition) is 8. The molecule has 0 spiro atoms. The van der Waals surface area contributed by atoms with E-state index in [1.54, 1.807) is 6.07 Å². The Hall–Kier alpha value is -4.15. The maximum Gasteiger partial charge on any atom is 0.126 e. The number of ether oxygens (including phenoxy) is 2. The standard InChI is InChI=1S/C35H43FO4.2CH4O.2CH2O/c1-4-5-6-7-31-15-12-29(20-35(31)36)9-8-28-10-13-30(14-11-28)32-21-33(39-18-16-26(2)24-37)23-34(22-32)40-19-17-27(3)25-38;4*1-2/h10-15,20-23,37-38H,2-9,16-19,24-25H2,1H3;2*2H,1H3;2*1H2. The Bertz CT molecular complexity index is 1240. The summed E-state index contributed by atoms with van der Waals surface area (Å²) in [4.78, 5) is 16.0. The van der Waals surface area contributed by atoms with E-state index < -0.39 is 0 Å². The molecule has 0 aliphatic heterocycles. The minimum Gasteiger partial charge on any atom is -0.493 e. The van der Waals surface area contributed by atoms with Crippen molar-refractivity contribution in [2.24, 2.45) is 0 Å². The van der Waals surface area contributed by atoms with E-state index in [1.165, 1.54) is 5.56 Å². The topological polar surface area (TPSA) is 134 Å². The van der Waals surface area contributed by atoms with Gasteiger partial charge in [0, 0.05) is 33.1 Å². The van der Waals surface area contributed by atoms with Crippen molar-refractivity contribution in [2.75, 3.05) is 40.6 Å². The number of hydrogen-bond donors (Lipinski definition) is 4. The van der Waals surface area contributed by atoms with Crippen LogP contribution in [0.2, 0.25) is 0 Å². The van der Waals surface area contributed by atoms with Gasteiger partial charge in [-0.15, -0.1) is 0 Å². The largest absolute Gasteiger partial charge is 0.493 e. The van der Waals surface area contributed by atoms with Crippen molar-refractivity contribution in [1.29, 1.82) is 0 Å². The SMILES string of the molecule is C=C(CO)CCOc1cc(OCCC(=C)CO)cc(-c2ccc(CCc3ccc(CCCCC)c(F)c3)cc2)c1.C=O.C=O.CO.CO. The second kappa shape index (κ2) is 30.2. The molecule has 0 saturated heterocycles. The second-order valence-electron chi connectivity index (χ2n) is 10.3. The fourth-order valence-electron chi connectivity index (χ4n) is 4.36. The molecule has 0 bridgehead atoms. The van der Waals surface area contributed by atoms with E-state index in [2.05, 4.69) is 50.4 Å². The zero-order chi connectivity index (χ0) is 36.7. The first kappa shape index (κ1) is 46.0. The molecule has 3 rings (SSSR count). The van der Waals surface area contributed by atoms with Gasteiger partial charge in [0.05, 0.1) is 26.4 Å². The molecule has 0 radical (unpaired) electrons. The van der Waals surface area contributed by atoms with Crippen molar-refractivity contribution in [2.45, 2.75) is 58.3 Å². The predicted octanol–water partition coefficient (Wildman–Crippen LogP) is 6.49. The fraction of sp³-hybridized carbons (Fsp3) is 0.385. The molecule has 0 aromatic heterocycles. The summed E-state index contributed by atoms with van der Waals surface area (Å²) < 4.78 is 26.4. The summed E-state index contributed by atoms with van der Waals surface area (Å²) >= 11 is 0. The quantitative estimate of drug-likeness (QED) is 0.0892. The highest BCUT2D eigenvalue weighted by molar-refractivity contribution is 5.67. The van der Waals surface area contributed by atoms with Crippen molar-refractivity contribution in [3.8, 4) is 22.6 Å². The highest BCUT2D eigenvalue weighted by atomic mass is 19.1. The van der Waals surface area contributed by atoms with Gasteiger partial charge >= 0.3 is 0 Å². The van der Waals surface area contributed by atoms with Crippen LogP contribution in [-0.4, -0.2) is 74.7 Å². The monoisotopic (exact) mass is 670 g/mol. The number of halogens is 1. The summed E-state index contributed by atoms with van der Waals surface area (Å²) in [5.41, 5.74) is 6.44. The summed E-state index contributed by atoms with van der Waals surface area (Å²) in [5.74, 6) is 1.25. The van der Waals surface area contributed by atoms with Gasteiger partial charge < -0.3 is 39.5 Å². The van der Waals surface area contributed by atoms with Crippen LogP contribution in [0.15, 0.2) is 85.0 Å². The van der Waals surface area contributed by atoms with Crippen LogP contribution in [0.5, 0.6) is 11.5 Å². The summed E-state index contributed by atoms with van der Waals surface area (Å²) in [6.07, 6.45) is 6.83. The molecule has 0 amide bonds. The normalized spacial score (nSPS) is 9.50. The van der Waals surface area contributed by atoms with Crippen LogP contribution >= 0.6 is 0 Å². The van der Waals surface area contributed by atoms with Crippen molar-refractivity contribution >= 4 is 13.6 Å². The maximum atomic E-state index is 14.5. The van der Waals surface area contributed by atoms with Gasteiger partial charge in [-0.25, -0.2) is 4.39 Å². The Morgan fingerprint density at radius 2 is 1.12 bits per heavy atom. The first-order chi connectivity index (χ1) is 23.4. The average Bonchev–Trinajstić information content (AvgIpc) is 3.15. The molecule has 0 saturated carbocycles. The first-order valence-electron chi connectivity index (χ1n) is 15.7. The van der Waals surface area contributed by atoms with Crippen LogP contribution in [0.3, 0.4) is 0 Å². The van der Waals surface area contributed by atoms with Crippen molar-refractivity contribution < 1.29 is 43.9 Å². The van der Waals surface area contributed by atoms with E-state index in [0.29, 0.717) is 37.6 Å². The fourth-order valence-corrected chi connectivity index (χ4v) is 4.36. The maximum absolute atomic E-state index is 14.5. The molecule has 3 aromatic carbocycles. The van der Waals surface area contributed by atoms with Crippen LogP contribution in [0.1, 0.15) is 55.7 Å². The van der Waals surface area contributed by atoms with Gasteiger partial charge in [0.25, 0.3) is 0 Å².